The first-order chi connectivity index (χ1) is 9.40. The lowest BCUT2D eigenvalue weighted by Gasteiger charge is -2.31. The fourth-order valence-electron chi connectivity index (χ4n) is 2.85. The van der Waals surface area contributed by atoms with E-state index in [1.165, 1.54) is 11.3 Å². The molecule has 1 amide bonds. The second-order valence-corrected chi connectivity index (χ2v) is 7.35. The zero-order valence-corrected chi connectivity index (χ0v) is 13.1. The number of hydrogen-bond acceptors (Lipinski definition) is 3. The number of rotatable bonds is 1. The highest BCUT2D eigenvalue weighted by Gasteiger charge is 2.37. The summed E-state index contributed by atoms with van der Waals surface area (Å²) in [4.78, 5) is 15.3. The molecular formula is C15H17ClN2OS. The molecule has 5 heteroatoms. The Bertz CT molecular complexity index is 692. The van der Waals surface area contributed by atoms with Crippen molar-refractivity contribution in [1.29, 1.82) is 0 Å². The predicted molar refractivity (Wildman–Crippen MR) is 85.6 cm³/mol. The fraction of sp³-hybridized carbons (Fsp3) is 0.400. The van der Waals surface area contributed by atoms with Crippen molar-refractivity contribution < 1.29 is 4.79 Å². The largest absolute Gasteiger partial charge is 0.397 e. The summed E-state index contributed by atoms with van der Waals surface area (Å²) in [6.07, 6.45) is 2.09. The first kappa shape index (κ1) is 13.7. The van der Waals surface area contributed by atoms with Crippen molar-refractivity contribution >= 4 is 44.6 Å². The quantitative estimate of drug-likeness (QED) is 0.860. The minimum Gasteiger partial charge on any atom is -0.397 e. The minimum atomic E-state index is -0.0860. The summed E-state index contributed by atoms with van der Waals surface area (Å²) in [6, 6.07) is 5.58. The average Bonchev–Trinajstić information content (AvgIpc) is 2.90. The van der Waals surface area contributed by atoms with Gasteiger partial charge in [-0.2, -0.15) is 0 Å². The van der Waals surface area contributed by atoms with Crippen LogP contribution in [0.3, 0.4) is 0 Å². The molecule has 0 bridgehead atoms. The summed E-state index contributed by atoms with van der Waals surface area (Å²) >= 11 is 7.46. The van der Waals surface area contributed by atoms with Crippen molar-refractivity contribution in [1.82, 2.24) is 4.90 Å². The van der Waals surface area contributed by atoms with Crippen molar-refractivity contribution in [2.45, 2.75) is 32.2 Å². The van der Waals surface area contributed by atoms with E-state index in [0.29, 0.717) is 15.6 Å². The Hall–Kier alpha value is -1.26. The number of thiophene rings is 1. The van der Waals surface area contributed by atoms with Crippen molar-refractivity contribution in [3.8, 4) is 0 Å². The number of halogens is 1. The van der Waals surface area contributed by atoms with E-state index in [4.69, 9.17) is 17.3 Å². The molecule has 20 heavy (non-hydrogen) atoms. The SMILES string of the molecule is CC1(C)CCCN1C(=O)c1sc2ccc(Cl)cc2c1N. The van der Waals surface area contributed by atoms with Gasteiger partial charge in [-0.1, -0.05) is 11.6 Å². The third-order valence-corrected chi connectivity index (χ3v) is 5.44. The van der Waals surface area contributed by atoms with Crippen molar-refractivity contribution in [3.05, 3.63) is 28.1 Å². The molecule has 0 aliphatic carbocycles. The van der Waals surface area contributed by atoms with Gasteiger partial charge >= 0.3 is 0 Å². The molecule has 3 rings (SSSR count). The van der Waals surface area contributed by atoms with Gasteiger partial charge < -0.3 is 10.6 Å². The van der Waals surface area contributed by atoms with Gasteiger partial charge in [0, 0.05) is 27.2 Å². The van der Waals surface area contributed by atoms with Crippen molar-refractivity contribution in [2.75, 3.05) is 12.3 Å². The van der Waals surface area contributed by atoms with E-state index in [2.05, 4.69) is 13.8 Å². The van der Waals surface area contributed by atoms with E-state index < -0.39 is 0 Å². The van der Waals surface area contributed by atoms with Crippen LogP contribution < -0.4 is 5.73 Å². The molecule has 1 aromatic heterocycles. The maximum atomic E-state index is 12.8. The molecular weight excluding hydrogens is 292 g/mol. The smallest absolute Gasteiger partial charge is 0.266 e. The van der Waals surface area contributed by atoms with Gasteiger partial charge in [-0.15, -0.1) is 11.3 Å². The number of nitrogens with zero attached hydrogens (tertiary/aromatic N) is 1. The van der Waals surface area contributed by atoms with Gasteiger partial charge in [0.2, 0.25) is 0 Å². The van der Waals surface area contributed by atoms with Crippen LogP contribution in [-0.4, -0.2) is 22.9 Å². The summed E-state index contributed by atoms with van der Waals surface area (Å²) in [5.74, 6) is 0.0438. The van der Waals surface area contributed by atoms with Gasteiger partial charge in [-0.3, -0.25) is 4.79 Å². The highest BCUT2D eigenvalue weighted by Crippen LogP contribution is 2.38. The number of fused-ring (bicyclic) bond motifs is 1. The molecule has 2 N–H and O–H groups in total. The molecule has 2 heterocycles. The molecule has 0 unspecified atom stereocenters. The Morgan fingerprint density at radius 2 is 2.20 bits per heavy atom. The van der Waals surface area contributed by atoms with E-state index in [1.54, 1.807) is 0 Å². The third kappa shape index (κ3) is 2.07. The predicted octanol–water partition coefficient (Wildman–Crippen LogP) is 4.15. The van der Waals surface area contributed by atoms with E-state index >= 15 is 0 Å². The topological polar surface area (TPSA) is 46.3 Å². The maximum absolute atomic E-state index is 12.8. The van der Waals surface area contributed by atoms with Gasteiger partial charge in [0.05, 0.1) is 5.69 Å². The van der Waals surface area contributed by atoms with Crippen molar-refractivity contribution in [2.24, 2.45) is 0 Å². The summed E-state index contributed by atoms with van der Waals surface area (Å²) < 4.78 is 1.01. The van der Waals surface area contributed by atoms with E-state index in [-0.39, 0.29) is 11.4 Å². The molecule has 1 aliphatic heterocycles. The van der Waals surface area contributed by atoms with Crippen molar-refractivity contribution in [3.63, 3.8) is 0 Å². The monoisotopic (exact) mass is 308 g/mol. The first-order valence-electron chi connectivity index (χ1n) is 6.70. The van der Waals surface area contributed by atoms with E-state index in [9.17, 15) is 4.79 Å². The molecule has 106 valence electrons. The molecule has 0 spiro atoms. The van der Waals surface area contributed by atoms with Crippen LogP contribution >= 0.6 is 22.9 Å². The Labute approximate surface area is 127 Å². The number of anilines is 1. The van der Waals surface area contributed by atoms with Crippen LogP contribution in [0.25, 0.3) is 10.1 Å². The molecule has 1 fully saturated rings. The summed E-state index contributed by atoms with van der Waals surface area (Å²) in [6.45, 7) is 5.02. The van der Waals surface area contributed by atoms with E-state index in [0.717, 1.165) is 29.5 Å². The number of hydrogen-bond donors (Lipinski definition) is 1. The standard InChI is InChI=1S/C15H17ClN2OS/c1-15(2)6-3-7-18(15)14(19)13-12(17)10-8-9(16)4-5-11(10)20-13/h4-5,8H,3,6-7,17H2,1-2H3. The van der Waals surface area contributed by atoms with Crippen LogP contribution in [-0.2, 0) is 0 Å². The molecule has 1 saturated heterocycles. The first-order valence-corrected chi connectivity index (χ1v) is 7.89. The van der Waals surface area contributed by atoms with Gasteiger partial charge in [-0.25, -0.2) is 0 Å². The second-order valence-electron chi connectivity index (χ2n) is 5.86. The summed E-state index contributed by atoms with van der Waals surface area (Å²) in [7, 11) is 0. The molecule has 0 saturated carbocycles. The van der Waals surface area contributed by atoms with Gasteiger partial charge in [0.25, 0.3) is 5.91 Å². The molecule has 0 atom stereocenters. The summed E-state index contributed by atoms with van der Waals surface area (Å²) in [5.41, 5.74) is 6.64. The second kappa shape index (κ2) is 4.64. The van der Waals surface area contributed by atoms with Crippen LogP contribution in [0, 0.1) is 0 Å². The van der Waals surface area contributed by atoms with Gasteiger partial charge in [-0.05, 0) is 44.9 Å². The number of benzene rings is 1. The number of nitrogens with two attached hydrogens (primary N) is 1. The van der Waals surface area contributed by atoms with Gasteiger partial charge in [0.15, 0.2) is 0 Å². The Morgan fingerprint density at radius 1 is 1.45 bits per heavy atom. The minimum absolute atomic E-state index is 0.0438. The molecule has 1 aromatic carbocycles. The lowest BCUT2D eigenvalue weighted by atomic mass is 10.0. The number of amides is 1. The Morgan fingerprint density at radius 3 is 2.85 bits per heavy atom. The Balaban J connectivity index is 2.06. The zero-order valence-electron chi connectivity index (χ0n) is 11.6. The van der Waals surface area contributed by atoms with Crippen LogP contribution in [0.15, 0.2) is 18.2 Å². The van der Waals surface area contributed by atoms with E-state index in [1.807, 2.05) is 23.1 Å². The maximum Gasteiger partial charge on any atom is 0.266 e. The lowest BCUT2D eigenvalue weighted by Crippen LogP contribution is -2.42. The van der Waals surface area contributed by atoms with Crippen LogP contribution in [0.5, 0.6) is 0 Å². The highest BCUT2D eigenvalue weighted by molar-refractivity contribution is 7.21. The number of nitrogen functional groups attached to an aromatic ring is 1. The number of carbonyl (C=O) groups is 1. The normalized spacial score (nSPS) is 17.9. The van der Waals surface area contributed by atoms with Crippen LogP contribution in [0.2, 0.25) is 5.02 Å². The average molecular weight is 309 g/mol. The zero-order chi connectivity index (χ0) is 14.5. The Kier molecular flexibility index (Phi) is 3.18. The number of carbonyl (C=O) groups excluding carboxylic acids is 1. The summed E-state index contributed by atoms with van der Waals surface area (Å²) in [5, 5.41) is 1.52. The highest BCUT2D eigenvalue weighted by atomic mass is 35.5. The molecule has 1 aliphatic rings. The third-order valence-electron chi connectivity index (χ3n) is 4.03. The molecule has 2 aromatic rings. The van der Waals surface area contributed by atoms with Crippen LogP contribution in [0.4, 0.5) is 5.69 Å². The number of likely N-dealkylation sites (tertiary alicyclic amines) is 1. The molecule has 0 radical (unpaired) electrons. The van der Waals surface area contributed by atoms with Gasteiger partial charge in [0.1, 0.15) is 4.88 Å². The molecule has 3 nitrogen and oxygen atoms in total. The van der Waals surface area contributed by atoms with Crippen LogP contribution in [0.1, 0.15) is 36.4 Å². The fourth-order valence-corrected chi connectivity index (χ4v) is 4.08. The lowest BCUT2D eigenvalue weighted by molar-refractivity contribution is 0.0658.